The summed E-state index contributed by atoms with van der Waals surface area (Å²) >= 11 is 0. The van der Waals surface area contributed by atoms with Gasteiger partial charge in [0.25, 0.3) is 0 Å². The Morgan fingerprint density at radius 3 is 2.00 bits per heavy atom. The van der Waals surface area contributed by atoms with Crippen molar-refractivity contribution in [2.24, 2.45) is 0 Å². The molecule has 0 aliphatic rings. The molecule has 0 aliphatic heterocycles. The van der Waals surface area contributed by atoms with Gasteiger partial charge in [-0.2, -0.15) is 0 Å². The molecule has 4 heteroatoms. The highest BCUT2D eigenvalue weighted by Crippen LogP contribution is 2.16. The van der Waals surface area contributed by atoms with Gasteiger partial charge in [0.15, 0.2) is 5.79 Å². The van der Waals surface area contributed by atoms with Crippen molar-refractivity contribution in [2.45, 2.75) is 18.6 Å². The van der Waals surface area contributed by atoms with E-state index in [4.69, 9.17) is 19.7 Å². The fourth-order valence-electron chi connectivity index (χ4n) is 0.844. The molecule has 0 spiro atoms. The normalized spacial score (nSPS) is 12.0. The van der Waals surface area contributed by atoms with E-state index in [0.717, 1.165) is 0 Å². The fourth-order valence-corrected chi connectivity index (χ4v) is 0.844. The molecule has 0 aromatic rings. The van der Waals surface area contributed by atoms with Crippen LogP contribution in [0.5, 0.6) is 0 Å². The molecule has 11 heavy (non-hydrogen) atoms. The average molecular weight is 164 g/mol. The van der Waals surface area contributed by atoms with E-state index in [-0.39, 0.29) is 13.2 Å². The Hall–Kier alpha value is -0.160. The van der Waals surface area contributed by atoms with Crippen molar-refractivity contribution in [3.8, 4) is 0 Å². The first-order chi connectivity index (χ1) is 5.24. The largest absolute Gasteiger partial charge is 0.396 e. The van der Waals surface area contributed by atoms with Crippen LogP contribution in [0, 0.1) is 0 Å². The summed E-state index contributed by atoms with van der Waals surface area (Å²) in [6.07, 6.45) is 1.05. The third-order valence-electron chi connectivity index (χ3n) is 1.70. The topological polar surface area (TPSA) is 58.9 Å². The lowest BCUT2D eigenvalue weighted by Gasteiger charge is -2.28. The Morgan fingerprint density at radius 1 is 1.18 bits per heavy atom. The Morgan fingerprint density at radius 2 is 1.73 bits per heavy atom. The van der Waals surface area contributed by atoms with Crippen LogP contribution in [0.4, 0.5) is 0 Å². The molecule has 0 aromatic carbocycles. The van der Waals surface area contributed by atoms with Gasteiger partial charge in [-0.1, -0.05) is 0 Å². The molecule has 0 bridgehead atoms. The quantitative estimate of drug-likeness (QED) is 0.531. The summed E-state index contributed by atoms with van der Waals surface area (Å²) in [6.45, 7) is -0.117. The van der Waals surface area contributed by atoms with Crippen molar-refractivity contribution in [3.63, 3.8) is 0 Å². The number of methoxy groups -OCH3 is 2. The van der Waals surface area contributed by atoms with Crippen LogP contribution in [0.25, 0.3) is 0 Å². The zero-order chi connectivity index (χ0) is 8.74. The van der Waals surface area contributed by atoms with Gasteiger partial charge in [-0.25, -0.2) is 0 Å². The molecule has 4 nitrogen and oxygen atoms in total. The molecular formula is C7H16O4. The number of rotatable bonds is 6. The highest BCUT2D eigenvalue weighted by Gasteiger charge is 2.27. The van der Waals surface area contributed by atoms with E-state index in [1.54, 1.807) is 0 Å². The third-order valence-corrected chi connectivity index (χ3v) is 1.70. The van der Waals surface area contributed by atoms with Gasteiger partial charge in [-0.15, -0.1) is 0 Å². The number of aliphatic hydroxyl groups is 2. The summed E-state index contributed by atoms with van der Waals surface area (Å²) in [5.41, 5.74) is 0. The molecule has 0 aliphatic carbocycles. The second-order valence-electron chi connectivity index (χ2n) is 2.30. The maximum Gasteiger partial charge on any atom is 0.190 e. The van der Waals surface area contributed by atoms with Crippen molar-refractivity contribution in [1.82, 2.24) is 0 Å². The molecule has 0 rings (SSSR count). The van der Waals surface area contributed by atoms with Crippen LogP contribution in [-0.4, -0.2) is 43.4 Å². The SMILES string of the molecule is COC(CO)(CCCO)OC. The summed E-state index contributed by atoms with van der Waals surface area (Å²) in [5.74, 6) is -0.928. The molecule has 0 aromatic heterocycles. The molecule has 0 saturated carbocycles. The van der Waals surface area contributed by atoms with E-state index in [9.17, 15) is 0 Å². The first-order valence-corrected chi connectivity index (χ1v) is 3.56. The molecule has 0 unspecified atom stereocenters. The van der Waals surface area contributed by atoms with E-state index in [1.807, 2.05) is 0 Å². The van der Waals surface area contributed by atoms with Crippen LogP contribution in [-0.2, 0) is 9.47 Å². The van der Waals surface area contributed by atoms with Crippen LogP contribution >= 0.6 is 0 Å². The minimum absolute atomic E-state index is 0.0778. The first-order valence-electron chi connectivity index (χ1n) is 3.56. The number of aliphatic hydroxyl groups excluding tert-OH is 2. The first kappa shape index (κ1) is 10.8. The van der Waals surface area contributed by atoms with E-state index >= 15 is 0 Å². The van der Waals surface area contributed by atoms with Crippen molar-refractivity contribution < 1.29 is 19.7 Å². The minimum Gasteiger partial charge on any atom is -0.396 e. The van der Waals surface area contributed by atoms with Crippen LogP contribution in [0.3, 0.4) is 0 Å². The van der Waals surface area contributed by atoms with Crippen molar-refractivity contribution in [1.29, 1.82) is 0 Å². The molecule has 0 atom stereocenters. The number of hydrogen-bond donors (Lipinski definition) is 2. The van der Waals surface area contributed by atoms with Gasteiger partial charge in [0, 0.05) is 27.2 Å². The molecule has 0 amide bonds. The van der Waals surface area contributed by atoms with E-state index < -0.39 is 5.79 Å². The Kier molecular flexibility index (Phi) is 5.41. The van der Waals surface area contributed by atoms with Crippen LogP contribution in [0.15, 0.2) is 0 Å². The zero-order valence-corrected chi connectivity index (χ0v) is 7.04. The Balaban J connectivity index is 3.84. The second-order valence-corrected chi connectivity index (χ2v) is 2.30. The number of ether oxygens (including phenoxy) is 2. The Bertz CT molecular complexity index is 82.2. The van der Waals surface area contributed by atoms with Gasteiger partial charge in [0.2, 0.25) is 0 Å². The summed E-state index contributed by atoms with van der Waals surface area (Å²) in [7, 11) is 2.94. The fraction of sp³-hybridized carbons (Fsp3) is 1.00. The van der Waals surface area contributed by atoms with Gasteiger partial charge in [-0.3, -0.25) is 0 Å². The maximum absolute atomic E-state index is 8.87. The highest BCUT2D eigenvalue weighted by atomic mass is 16.7. The second kappa shape index (κ2) is 5.49. The molecule has 2 N–H and O–H groups in total. The summed E-state index contributed by atoms with van der Waals surface area (Å²) < 4.78 is 9.91. The smallest absolute Gasteiger partial charge is 0.190 e. The van der Waals surface area contributed by atoms with Gasteiger partial charge < -0.3 is 19.7 Å². The monoisotopic (exact) mass is 164 g/mol. The molecular weight excluding hydrogens is 148 g/mol. The van der Waals surface area contributed by atoms with Gasteiger partial charge in [-0.05, 0) is 6.42 Å². The summed E-state index contributed by atoms with van der Waals surface area (Å²) in [6, 6.07) is 0. The lowest BCUT2D eigenvalue weighted by Crippen LogP contribution is -2.38. The van der Waals surface area contributed by atoms with Crippen LogP contribution < -0.4 is 0 Å². The number of hydrogen-bond acceptors (Lipinski definition) is 4. The van der Waals surface area contributed by atoms with Crippen molar-refractivity contribution >= 4 is 0 Å². The van der Waals surface area contributed by atoms with E-state index in [0.29, 0.717) is 12.8 Å². The molecule has 68 valence electrons. The molecule has 0 heterocycles. The molecule has 0 radical (unpaired) electrons. The maximum atomic E-state index is 8.87. The van der Waals surface area contributed by atoms with Crippen LogP contribution in [0.2, 0.25) is 0 Å². The lowest BCUT2D eigenvalue weighted by atomic mass is 10.1. The summed E-state index contributed by atoms with van der Waals surface area (Å²) in [5, 5.41) is 17.4. The standard InChI is InChI=1S/C7H16O4/c1-10-7(6-9,11-2)4-3-5-8/h8-9H,3-6H2,1-2H3. The summed E-state index contributed by atoms with van der Waals surface area (Å²) in [4.78, 5) is 0. The predicted octanol–water partition coefficient (Wildman–Crippen LogP) is -0.260. The third kappa shape index (κ3) is 3.16. The predicted molar refractivity (Wildman–Crippen MR) is 40.2 cm³/mol. The van der Waals surface area contributed by atoms with Gasteiger partial charge in [0.1, 0.15) is 0 Å². The lowest BCUT2D eigenvalue weighted by molar-refractivity contribution is -0.231. The average Bonchev–Trinajstić information content (AvgIpc) is 2.08. The van der Waals surface area contributed by atoms with E-state index in [2.05, 4.69) is 0 Å². The van der Waals surface area contributed by atoms with Crippen molar-refractivity contribution in [2.75, 3.05) is 27.4 Å². The molecule has 0 saturated heterocycles. The van der Waals surface area contributed by atoms with Gasteiger partial charge >= 0.3 is 0 Å². The highest BCUT2D eigenvalue weighted by molar-refractivity contribution is 4.66. The van der Waals surface area contributed by atoms with Crippen LogP contribution in [0.1, 0.15) is 12.8 Å². The molecule has 0 fully saturated rings. The zero-order valence-electron chi connectivity index (χ0n) is 7.04. The van der Waals surface area contributed by atoms with Gasteiger partial charge in [0.05, 0.1) is 6.61 Å². The van der Waals surface area contributed by atoms with Crippen molar-refractivity contribution in [3.05, 3.63) is 0 Å². The minimum atomic E-state index is -0.928. The Labute approximate surface area is 66.7 Å². The van der Waals surface area contributed by atoms with E-state index in [1.165, 1.54) is 14.2 Å².